The number of nitrogens with zero attached hydrogens (tertiary/aromatic N) is 1. The van der Waals surface area contributed by atoms with Crippen LogP contribution in [-0.4, -0.2) is 11.3 Å². The maximum Gasteiger partial charge on any atom is 0.235 e. The average molecular weight is 294 g/mol. The number of hydrogen-bond acceptors (Lipinski definition) is 3. The quantitative estimate of drug-likeness (QED) is 0.595. The van der Waals surface area contributed by atoms with Crippen LogP contribution in [0.4, 0.5) is 0 Å². The van der Waals surface area contributed by atoms with Gasteiger partial charge in [-0.15, -0.1) is 11.8 Å². The van der Waals surface area contributed by atoms with E-state index in [4.69, 9.17) is 11.6 Å². The zero-order valence-corrected chi connectivity index (χ0v) is 12.3. The summed E-state index contributed by atoms with van der Waals surface area (Å²) in [5.74, 6) is 0. The third-order valence-electron chi connectivity index (χ3n) is 3.98. The number of carbonyl (C=O) groups excluding carboxylic acids is 1. The highest BCUT2D eigenvalue weighted by atomic mass is 35.5. The van der Waals surface area contributed by atoms with Gasteiger partial charge < -0.3 is 0 Å². The van der Waals surface area contributed by atoms with Gasteiger partial charge >= 0.3 is 0 Å². The van der Waals surface area contributed by atoms with E-state index in [2.05, 4.69) is 17.1 Å². The molecule has 0 spiro atoms. The highest BCUT2D eigenvalue weighted by Crippen LogP contribution is 2.46. The molecular weight excluding hydrogens is 278 g/mol. The minimum absolute atomic E-state index is 0.367. The Hall–Kier alpha value is -0.760. The number of aliphatic imine (C=N–C) groups is 1. The predicted octanol–water partition coefficient (Wildman–Crippen LogP) is 4.70. The first-order valence-electron chi connectivity index (χ1n) is 6.79. The van der Waals surface area contributed by atoms with E-state index in [1.165, 1.54) is 12.8 Å². The lowest BCUT2D eigenvalue weighted by Crippen LogP contribution is -2.18. The van der Waals surface area contributed by atoms with E-state index in [0.717, 1.165) is 46.4 Å². The molecule has 0 atom stereocenters. The standard InChI is InChI=1S/C15H16ClNOS/c16-13-9-11(3-6-14(13)19-12-4-5-12)15(17-10-18)7-1-2-8-15/h3,6,9,12H,1-2,4-5,7-8H2. The minimum atomic E-state index is -0.367. The smallest absolute Gasteiger partial charge is 0.211 e. The van der Waals surface area contributed by atoms with Gasteiger partial charge in [0.05, 0.1) is 10.6 Å². The second-order valence-electron chi connectivity index (χ2n) is 5.40. The van der Waals surface area contributed by atoms with Crippen molar-refractivity contribution in [3.8, 4) is 0 Å². The molecule has 0 saturated heterocycles. The van der Waals surface area contributed by atoms with Crippen molar-refractivity contribution < 1.29 is 4.79 Å². The van der Waals surface area contributed by atoms with Crippen molar-refractivity contribution in [2.45, 2.75) is 54.2 Å². The van der Waals surface area contributed by atoms with Crippen LogP contribution in [0.25, 0.3) is 0 Å². The second-order valence-corrected chi connectivity index (χ2v) is 7.15. The summed E-state index contributed by atoms with van der Waals surface area (Å²) in [4.78, 5) is 16.0. The van der Waals surface area contributed by atoms with Crippen molar-refractivity contribution in [3.05, 3.63) is 28.8 Å². The van der Waals surface area contributed by atoms with Crippen LogP contribution in [0.5, 0.6) is 0 Å². The maximum atomic E-state index is 10.7. The molecule has 0 bridgehead atoms. The van der Waals surface area contributed by atoms with Gasteiger partial charge in [-0.25, -0.2) is 4.79 Å². The van der Waals surface area contributed by atoms with Gasteiger partial charge in [0.2, 0.25) is 6.08 Å². The van der Waals surface area contributed by atoms with Gasteiger partial charge in [0.1, 0.15) is 0 Å². The van der Waals surface area contributed by atoms with Crippen molar-refractivity contribution in [2.75, 3.05) is 0 Å². The summed E-state index contributed by atoms with van der Waals surface area (Å²) in [6.45, 7) is 0. The van der Waals surface area contributed by atoms with Crippen molar-refractivity contribution in [1.29, 1.82) is 0 Å². The summed E-state index contributed by atoms with van der Waals surface area (Å²) in [5, 5.41) is 1.54. The first-order valence-corrected chi connectivity index (χ1v) is 8.05. The van der Waals surface area contributed by atoms with Crippen LogP contribution in [0.15, 0.2) is 28.1 Å². The lowest BCUT2D eigenvalue weighted by atomic mass is 9.89. The van der Waals surface area contributed by atoms with E-state index in [1.54, 1.807) is 6.08 Å². The normalized spacial score (nSPS) is 21.1. The van der Waals surface area contributed by atoms with E-state index < -0.39 is 0 Å². The number of hydrogen-bond donors (Lipinski definition) is 0. The summed E-state index contributed by atoms with van der Waals surface area (Å²) in [5.41, 5.74) is 0.701. The van der Waals surface area contributed by atoms with Crippen LogP contribution in [0.1, 0.15) is 44.1 Å². The van der Waals surface area contributed by atoms with Gasteiger partial charge in [0, 0.05) is 10.1 Å². The van der Waals surface area contributed by atoms with Gasteiger partial charge in [-0.1, -0.05) is 30.5 Å². The van der Waals surface area contributed by atoms with Gasteiger partial charge in [-0.2, -0.15) is 4.99 Å². The lowest BCUT2D eigenvalue weighted by molar-refractivity contribution is 0.455. The molecule has 2 fully saturated rings. The van der Waals surface area contributed by atoms with Crippen LogP contribution in [-0.2, 0) is 10.3 Å². The number of isocyanates is 1. The van der Waals surface area contributed by atoms with Gasteiger partial charge in [-0.05, 0) is 43.4 Å². The molecule has 1 aromatic carbocycles. The summed E-state index contributed by atoms with van der Waals surface area (Å²) in [6, 6.07) is 6.17. The van der Waals surface area contributed by atoms with Crippen LogP contribution < -0.4 is 0 Å². The number of rotatable bonds is 4. The molecule has 19 heavy (non-hydrogen) atoms. The van der Waals surface area contributed by atoms with E-state index >= 15 is 0 Å². The van der Waals surface area contributed by atoms with Crippen molar-refractivity contribution in [2.24, 2.45) is 4.99 Å². The van der Waals surface area contributed by atoms with Crippen LogP contribution >= 0.6 is 23.4 Å². The predicted molar refractivity (Wildman–Crippen MR) is 78.6 cm³/mol. The SMILES string of the molecule is O=C=NC1(c2ccc(SC3CC3)c(Cl)c2)CCCC1. The van der Waals surface area contributed by atoms with Crippen molar-refractivity contribution in [3.63, 3.8) is 0 Å². The Morgan fingerprint density at radius 3 is 2.63 bits per heavy atom. The molecule has 0 radical (unpaired) electrons. The molecule has 1 aromatic rings. The molecular formula is C15H16ClNOS. The molecule has 0 aromatic heterocycles. The zero-order chi connectivity index (χ0) is 13.3. The number of halogens is 1. The minimum Gasteiger partial charge on any atom is -0.211 e. The number of benzene rings is 1. The van der Waals surface area contributed by atoms with Crippen molar-refractivity contribution in [1.82, 2.24) is 0 Å². The topological polar surface area (TPSA) is 29.4 Å². The molecule has 2 aliphatic carbocycles. The molecule has 0 unspecified atom stereocenters. The molecule has 2 saturated carbocycles. The molecule has 100 valence electrons. The molecule has 0 aliphatic heterocycles. The first kappa shape index (κ1) is 13.2. The van der Waals surface area contributed by atoms with Crippen LogP contribution in [0, 0.1) is 0 Å². The van der Waals surface area contributed by atoms with Crippen molar-refractivity contribution >= 4 is 29.4 Å². The highest BCUT2D eigenvalue weighted by molar-refractivity contribution is 8.00. The molecule has 0 heterocycles. The maximum absolute atomic E-state index is 10.7. The van der Waals surface area contributed by atoms with E-state index in [1.807, 2.05) is 17.8 Å². The Bertz CT molecular complexity index is 529. The van der Waals surface area contributed by atoms with Crippen LogP contribution in [0.3, 0.4) is 0 Å². The number of thioether (sulfide) groups is 1. The fourth-order valence-electron chi connectivity index (χ4n) is 2.76. The van der Waals surface area contributed by atoms with Crippen LogP contribution in [0.2, 0.25) is 5.02 Å². The Labute approximate surface area is 122 Å². The van der Waals surface area contributed by atoms with E-state index in [-0.39, 0.29) is 5.54 Å². The first-order chi connectivity index (χ1) is 9.23. The summed E-state index contributed by atoms with van der Waals surface area (Å²) < 4.78 is 0. The van der Waals surface area contributed by atoms with Gasteiger partial charge in [0.15, 0.2) is 0 Å². The zero-order valence-electron chi connectivity index (χ0n) is 10.7. The van der Waals surface area contributed by atoms with Gasteiger partial charge in [0.25, 0.3) is 0 Å². The molecule has 2 nitrogen and oxygen atoms in total. The van der Waals surface area contributed by atoms with E-state index in [9.17, 15) is 4.79 Å². The third-order valence-corrected chi connectivity index (χ3v) is 5.82. The molecule has 3 rings (SSSR count). The monoisotopic (exact) mass is 293 g/mol. The summed E-state index contributed by atoms with van der Waals surface area (Å²) in [7, 11) is 0. The Balaban J connectivity index is 1.91. The Morgan fingerprint density at radius 1 is 1.32 bits per heavy atom. The molecule has 0 amide bonds. The fourth-order valence-corrected chi connectivity index (χ4v) is 4.13. The van der Waals surface area contributed by atoms with E-state index in [0.29, 0.717) is 0 Å². The Kier molecular flexibility index (Phi) is 3.70. The summed E-state index contributed by atoms with van der Waals surface area (Å²) in [6.07, 6.45) is 8.41. The fraction of sp³-hybridized carbons (Fsp3) is 0.533. The highest BCUT2D eigenvalue weighted by Gasteiger charge is 2.36. The second kappa shape index (κ2) is 5.32. The average Bonchev–Trinajstić information content (AvgIpc) is 3.09. The largest absolute Gasteiger partial charge is 0.235 e. The lowest BCUT2D eigenvalue weighted by Gasteiger charge is -2.23. The van der Waals surface area contributed by atoms with Gasteiger partial charge in [-0.3, -0.25) is 0 Å². The molecule has 2 aliphatic rings. The third kappa shape index (κ3) is 2.74. The molecule has 0 N–H and O–H groups in total. The molecule has 4 heteroatoms. The summed E-state index contributed by atoms with van der Waals surface area (Å²) >= 11 is 8.24. The Morgan fingerprint density at radius 2 is 2.05 bits per heavy atom.